The normalized spacial score (nSPS) is 12.2. The number of carbonyl (C=O) groups excluding carboxylic acids is 1. The maximum Gasteiger partial charge on any atom is 0.416 e. The van der Waals surface area contributed by atoms with Crippen molar-refractivity contribution in [2.45, 2.75) is 19.1 Å². The number of hydrogen-bond acceptors (Lipinski definition) is 6. The lowest BCUT2D eigenvalue weighted by Crippen LogP contribution is -2.33. The molecule has 2 aromatic heterocycles. The predicted molar refractivity (Wildman–Crippen MR) is 132 cm³/mol. The number of nitrogens with zero attached hydrogens (tertiary/aromatic N) is 2. The van der Waals surface area contributed by atoms with Gasteiger partial charge in [-0.2, -0.15) is 13.2 Å². The lowest BCUT2D eigenvalue weighted by atomic mass is 10.0. The van der Waals surface area contributed by atoms with Crippen LogP contribution in [0.2, 0.25) is 5.02 Å². The molecule has 4 rings (SSSR count). The van der Waals surface area contributed by atoms with Gasteiger partial charge in [-0.25, -0.2) is 14.8 Å². The lowest BCUT2D eigenvalue weighted by molar-refractivity contribution is -0.137. The number of ether oxygens (including phenoxy) is 1. The Labute approximate surface area is 214 Å². The van der Waals surface area contributed by atoms with Crippen LogP contribution in [0.5, 0.6) is 5.88 Å². The zero-order valence-corrected chi connectivity index (χ0v) is 20.1. The molecule has 8 nitrogen and oxygen atoms in total. The Hall–Kier alpha value is -4.09. The third kappa shape index (κ3) is 6.38. The first-order valence-corrected chi connectivity index (χ1v) is 11.3. The maximum absolute atomic E-state index is 13.0. The van der Waals surface area contributed by atoms with Crippen molar-refractivity contribution in [3.63, 3.8) is 0 Å². The van der Waals surface area contributed by atoms with E-state index in [2.05, 4.69) is 25.6 Å². The van der Waals surface area contributed by atoms with Crippen molar-refractivity contribution in [3.05, 3.63) is 88.7 Å². The third-order valence-electron chi connectivity index (χ3n) is 5.32. The molecule has 4 aromatic rings. The topological polar surface area (TPSA) is 112 Å². The number of H-pyrrole nitrogens is 1. The molecule has 0 fully saturated rings. The minimum atomic E-state index is -4.56. The van der Waals surface area contributed by atoms with Gasteiger partial charge in [0.25, 0.3) is 0 Å². The van der Waals surface area contributed by atoms with E-state index in [0.717, 1.165) is 17.7 Å². The van der Waals surface area contributed by atoms with E-state index in [1.165, 1.54) is 18.2 Å². The molecule has 0 saturated heterocycles. The van der Waals surface area contributed by atoms with Gasteiger partial charge < -0.3 is 25.5 Å². The van der Waals surface area contributed by atoms with Crippen LogP contribution in [-0.4, -0.2) is 32.8 Å². The van der Waals surface area contributed by atoms with Crippen LogP contribution in [0.4, 0.5) is 29.6 Å². The number of alkyl halides is 3. The summed E-state index contributed by atoms with van der Waals surface area (Å²) in [5.41, 5.74) is 1.74. The SMILES string of the molecule is Cc1cnc(Nc2ccccc2Cl)nc1-c1c[nH]c(OC(=O)NC(CO)c2cccc(C(F)(F)F)c2)c1. The number of aromatic nitrogens is 3. The average Bonchev–Trinajstić information content (AvgIpc) is 3.32. The van der Waals surface area contributed by atoms with E-state index in [1.807, 2.05) is 13.0 Å². The molecule has 0 bridgehead atoms. The lowest BCUT2D eigenvalue weighted by Gasteiger charge is -2.17. The third-order valence-corrected chi connectivity index (χ3v) is 5.65. The van der Waals surface area contributed by atoms with Gasteiger partial charge in [-0.05, 0) is 42.3 Å². The molecule has 0 spiro atoms. The number of rotatable bonds is 7. The van der Waals surface area contributed by atoms with Gasteiger partial charge in [0.15, 0.2) is 0 Å². The molecule has 1 amide bonds. The molecular weight excluding hydrogens is 511 g/mol. The Morgan fingerprint density at radius 1 is 1.19 bits per heavy atom. The minimum Gasteiger partial charge on any atom is -0.394 e. The van der Waals surface area contributed by atoms with Gasteiger partial charge in [0.2, 0.25) is 11.8 Å². The highest BCUT2D eigenvalue weighted by Crippen LogP contribution is 2.31. The summed E-state index contributed by atoms with van der Waals surface area (Å²) < 4.78 is 44.3. The molecule has 2 aromatic carbocycles. The second kappa shape index (κ2) is 10.9. The highest BCUT2D eigenvalue weighted by molar-refractivity contribution is 6.33. The fraction of sp³-hybridized carbons (Fsp3) is 0.160. The standard InChI is InChI=1S/C25H21ClF3N5O3/c1-14-11-31-23(32-19-8-3-2-7-18(19)26)34-22(14)16-10-21(30-12-16)37-24(36)33-20(13-35)15-5-4-6-17(9-15)25(27,28)29/h2-12,20,30,35H,13H2,1H3,(H,33,36)(H,31,32,34). The minimum absolute atomic E-state index is 0.0619. The molecule has 192 valence electrons. The van der Waals surface area contributed by atoms with E-state index in [0.29, 0.717) is 27.9 Å². The van der Waals surface area contributed by atoms with Crippen LogP contribution in [-0.2, 0) is 6.18 Å². The van der Waals surface area contributed by atoms with Crippen molar-refractivity contribution >= 4 is 29.3 Å². The summed E-state index contributed by atoms with van der Waals surface area (Å²) in [4.78, 5) is 24.0. The zero-order valence-electron chi connectivity index (χ0n) is 19.3. The summed E-state index contributed by atoms with van der Waals surface area (Å²) in [6.45, 7) is 1.18. The average molecular weight is 532 g/mol. The van der Waals surface area contributed by atoms with Crippen molar-refractivity contribution in [2.75, 3.05) is 11.9 Å². The number of amides is 1. The van der Waals surface area contributed by atoms with Crippen molar-refractivity contribution < 1.29 is 27.8 Å². The van der Waals surface area contributed by atoms with Crippen molar-refractivity contribution in [1.82, 2.24) is 20.3 Å². The number of benzene rings is 2. The summed E-state index contributed by atoms with van der Waals surface area (Å²) in [5.74, 6) is 0.369. The first-order chi connectivity index (χ1) is 17.6. The van der Waals surface area contributed by atoms with E-state index in [1.54, 1.807) is 30.6 Å². The molecule has 2 heterocycles. The molecule has 1 unspecified atom stereocenters. The summed E-state index contributed by atoms with van der Waals surface area (Å²) >= 11 is 6.18. The Kier molecular flexibility index (Phi) is 7.65. The number of aromatic amines is 1. The van der Waals surface area contributed by atoms with Crippen LogP contribution in [0.3, 0.4) is 0 Å². The second-order valence-corrected chi connectivity index (χ2v) is 8.38. The summed E-state index contributed by atoms with van der Waals surface area (Å²) in [7, 11) is 0. The Morgan fingerprint density at radius 2 is 1.97 bits per heavy atom. The number of anilines is 2. The molecule has 37 heavy (non-hydrogen) atoms. The van der Waals surface area contributed by atoms with Crippen LogP contribution in [0.15, 0.2) is 67.0 Å². The highest BCUT2D eigenvalue weighted by atomic mass is 35.5. The first-order valence-electron chi connectivity index (χ1n) is 10.9. The Balaban J connectivity index is 1.46. The number of carbonyl (C=O) groups is 1. The molecule has 4 N–H and O–H groups in total. The second-order valence-electron chi connectivity index (χ2n) is 7.97. The van der Waals surface area contributed by atoms with E-state index in [-0.39, 0.29) is 11.4 Å². The molecule has 0 saturated carbocycles. The van der Waals surface area contributed by atoms with Crippen molar-refractivity contribution in [2.24, 2.45) is 0 Å². The summed E-state index contributed by atoms with van der Waals surface area (Å²) in [6.07, 6.45) is -2.32. The zero-order chi connectivity index (χ0) is 26.6. The van der Waals surface area contributed by atoms with Gasteiger partial charge in [-0.1, -0.05) is 35.9 Å². The van der Waals surface area contributed by atoms with Gasteiger partial charge in [0.1, 0.15) is 0 Å². The fourth-order valence-electron chi connectivity index (χ4n) is 3.48. The van der Waals surface area contributed by atoms with E-state index in [4.69, 9.17) is 16.3 Å². The number of halogens is 4. The number of aliphatic hydroxyl groups excluding tert-OH is 1. The van der Waals surface area contributed by atoms with Crippen LogP contribution < -0.4 is 15.4 Å². The van der Waals surface area contributed by atoms with E-state index in [9.17, 15) is 23.1 Å². The van der Waals surface area contributed by atoms with Crippen LogP contribution in [0, 0.1) is 6.92 Å². The summed E-state index contributed by atoms with van der Waals surface area (Å²) in [5, 5.41) is 15.6. The van der Waals surface area contributed by atoms with E-state index >= 15 is 0 Å². The molecule has 0 aliphatic heterocycles. The van der Waals surface area contributed by atoms with Crippen LogP contribution in [0.25, 0.3) is 11.3 Å². The quantitative estimate of drug-likeness (QED) is 0.232. The molecule has 12 heteroatoms. The smallest absolute Gasteiger partial charge is 0.394 e. The molecular formula is C25H21ClF3N5O3. The Bertz CT molecular complexity index is 1410. The van der Waals surface area contributed by atoms with E-state index < -0.39 is 30.5 Å². The first kappa shape index (κ1) is 26.0. The van der Waals surface area contributed by atoms with Gasteiger partial charge in [-0.15, -0.1) is 0 Å². The number of aliphatic hydroxyl groups is 1. The molecule has 0 aliphatic rings. The van der Waals surface area contributed by atoms with Crippen LogP contribution >= 0.6 is 11.6 Å². The van der Waals surface area contributed by atoms with Crippen molar-refractivity contribution in [3.8, 4) is 17.1 Å². The Morgan fingerprint density at radius 3 is 2.70 bits per heavy atom. The molecule has 0 aliphatic carbocycles. The van der Waals surface area contributed by atoms with Gasteiger partial charge in [0, 0.05) is 24.0 Å². The van der Waals surface area contributed by atoms with Crippen molar-refractivity contribution in [1.29, 1.82) is 0 Å². The maximum atomic E-state index is 13.0. The number of nitrogens with one attached hydrogen (secondary N) is 3. The largest absolute Gasteiger partial charge is 0.416 e. The molecule has 0 radical (unpaired) electrons. The van der Waals surface area contributed by atoms with Crippen LogP contribution in [0.1, 0.15) is 22.7 Å². The number of aryl methyl sites for hydroxylation is 1. The number of para-hydroxylation sites is 1. The molecule has 1 atom stereocenters. The van der Waals surface area contributed by atoms with Gasteiger partial charge >= 0.3 is 12.3 Å². The van der Waals surface area contributed by atoms with Gasteiger partial charge in [-0.3, -0.25) is 0 Å². The number of hydrogen-bond donors (Lipinski definition) is 4. The van der Waals surface area contributed by atoms with Gasteiger partial charge in [0.05, 0.1) is 34.6 Å². The highest BCUT2D eigenvalue weighted by Gasteiger charge is 2.31. The summed E-state index contributed by atoms with van der Waals surface area (Å²) in [6, 6.07) is 11.9. The predicted octanol–water partition coefficient (Wildman–Crippen LogP) is 6.02. The fourth-order valence-corrected chi connectivity index (χ4v) is 3.67. The monoisotopic (exact) mass is 531 g/mol.